The highest BCUT2D eigenvalue weighted by Gasteiger charge is 1.90. The van der Waals surface area contributed by atoms with Crippen LogP contribution in [0.4, 0.5) is 0 Å². The van der Waals surface area contributed by atoms with E-state index in [4.69, 9.17) is 4.74 Å². The van der Waals surface area contributed by atoms with E-state index in [1.165, 1.54) is 0 Å². The van der Waals surface area contributed by atoms with Crippen LogP contribution in [0.3, 0.4) is 0 Å². The molecule has 0 N–H and O–H groups in total. The van der Waals surface area contributed by atoms with Crippen LogP contribution >= 0.6 is 0 Å². The Labute approximate surface area is 66.5 Å². The van der Waals surface area contributed by atoms with Crippen molar-refractivity contribution in [3.8, 4) is 0 Å². The van der Waals surface area contributed by atoms with Crippen molar-refractivity contribution in [2.45, 2.75) is 6.61 Å². The van der Waals surface area contributed by atoms with Crippen LogP contribution in [0.15, 0.2) is 24.9 Å². The number of aromatic nitrogens is 1. The Hall–Kier alpha value is -1.15. The molecule has 0 aliphatic carbocycles. The molecular weight excluding hydrogens is 138 g/mol. The molecule has 2 nitrogen and oxygen atoms in total. The lowest BCUT2D eigenvalue weighted by atomic mass is 10.2. The number of ether oxygens (including phenoxy) is 1. The molecule has 1 heterocycles. The summed E-state index contributed by atoms with van der Waals surface area (Å²) in [6, 6.07) is 3.90. The van der Waals surface area contributed by atoms with Gasteiger partial charge in [0.05, 0.1) is 12.3 Å². The van der Waals surface area contributed by atoms with Crippen LogP contribution in [0.1, 0.15) is 11.3 Å². The second-order valence-corrected chi connectivity index (χ2v) is 2.23. The Kier molecular flexibility index (Phi) is 2.81. The molecule has 11 heavy (non-hydrogen) atoms. The average Bonchev–Trinajstić information content (AvgIpc) is 2.07. The van der Waals surface area contributed by atoms with E-state index in [1.807, 2.05) is 12.1 Å². The zero-order valence-electron chi connectivity index (χ0n) is 6.58. The first-order valence-electron chi connectivity index (χ1n) is 3.43. The maximum atomic E-state index is 4.94. The first-order valence-corrected chi connectivity index (χ1v) is 3.43. The summed E-state index contributed by atoms with van der Waals surface area (Å²) in [4.78, 5) is 4.12. The maximum absolute atomic E-state index is 4.94. The lowest BCUT2D eigenvalue weighted by Crippen LogP contribution is -1.89. The minimum Gasteiger partial charge on any atom is -0.380 e. The molecule has 0 unspecified atom stereocenters. The van der Waals surface area contributed by atoms with Crippen molar-refractivity contribution in [3.05, 3.63) is 36.2 Å². The first kappa shape index (κ1) is 7.95. The van der Waals surface area contributed by atoms with Crippen molar-refractivity contribution in [1.82, 2.24) is 4.98 Å². The van der Waals surface area contributed by atoms with Crippen LogP contribution in [0.2, 0.25) is 0 Å². The van der Waals surface area contributed by atoms with Crippen LogP contribution in [-0.4, -0.2) is 12.1 Å². The van der Waals surface area contributed by atoms with Crippen LogP contribution in [-0.2, 0) is 11.3 Å². The van der Waals surface area contributed by atoms with E-state index in [9.17, 15) is 0 Å². The van der Waals surface area contributed by atoms with E-state index in [0.29, 0.717) is 6.61 Å². The van der Waals surface area contributed by atoms with Crippen molar-refractivity contribution in [2.24, 2.45) is 0 Å². The largest absolute Gasteiger partial charge is 0.380 e. The van der Waals surface area contributed by atoms with Gasteiger partial charge in [-0.05, 0) is 17.7 Å². The fourth-order valence-electron chi connectivity index (χ4n) is 0.809. The zero-order chi connectivity index (χ0) is 8.10. The lowest BCUT2D eigenvalue weighted by Gasteiger charge is -1.97. The standard InChI is InChI=1S/C9H11NO/c1-3-9-5-4-8(6-10-9)7-11-2/h3-6H,1,7H2,2H3. The summed E-state index contributed by atoms with van der Waals surface area (Å²) in [5.74, 6) is 0. The molecule has 1 aromatic rings. The summed E-state index contributed by atoms with van der Waals surface area (Å²) in [5.41, 5.74) is 1.97. The van der Waals surface area contributed by atoms with Crippen molar-refractivity contribution in [1.29, 1.82) is 0 Å². The zero-order valence-corrected chi connectivity index (χ0v) is 6.58. The van der Waals surface area contributed by atoms with E-state index < -0.39 is 0 Å². The molecule has 0 aliphatic heterocycles. The molecule has 2 heteroatoms. The van der Waals surface area contributed by atoms with Crippen LogP contribution < -0.4 is 0 Å². The third-order valence-corrected chi connectivity index (χ3v) is 1.37. The predicted octanol–water partition coefficient (Wildman–Crippen LogP) is 1.87. The molecule has 0 spiro atoms. The molecule has 0 radical (unpaired) electrons. The summed E-state index contributed by atoms with van der Waals surface area (Å²) in [6.45, 7) is 4.23. The molecule has 0 amide bonds. The third kappa shape index (κ3) is 2.16. The van der Waals surface area contributed by atoms with Gasteiger partial charge < -0.3 is 4.74 Å². The van der Waals surface area contributed by atoms with Gasteiger partial charge in [0.1, 0.15) is 0 Å². The monoisotopic (exact) mass is 149 g/mol. The second kappa shape index (κ2) is 3.88. The third-order valence-electron chi connectivity index (χ3n) is 1.37. The van der Waals surface area contributed by atoms with Gasteiger partial charge >= 0.3 is 0 Å². The van der Waals surface area contributed by atoms with E-state index in [1.54, 1.807) is 19.4 Å². The predicted molar refractivity (Wildman–Crippen MR) is 45.0 cm³/mol. The van der Waals surface area contributed by atoms with Crippen molar-refractivity contribution in [3.63, 3.8) is 0 Å². The number of nitrogens with zero attached hydrogens (tertiary/aromatic N) is 1. The molecule has 0 aromatic carbocycles. The Morgan fingerprint density at radius 1 is 1.64 bits per heavy atom. The van der Waals surface area contributed by atoms with Gasteiger partial charge in [0, 0.05) is 13.3 Å². The Balaban J connectivity index is 2.74. The number of hydrogen-bond donors (Lipinski definition) is 0. The summed E-state index contributed by atoms with van der Waals surface area (Å²) < 4.78 is 4.94. The Morgan fingerprint density at radius 3 is 2.91 bits per heavy atom. The average molecular weight is 149 g/mol. The minimum atomic E-state index is 0.615. The topological polar surface area (TPSA) is 22.1 Å². The summed E-state index contributed by atoms with van der Waals surface area (Å²) in [7, 11) is 1.67. The van der Waals surface area contributed by atoms with Crippen molar-refractivity contribution in [2.75, 3.05) is 7.11 Å². The van der Waals surface area contributed by atoms with E-state index in [0.717, 1.165) is 11.3 Å². The van der Waals surface area contributed by atoms with Gasteiger partial charge in [0.15, 0.2) is 0 Å². The molecule has 0 fully saturated rings. The van der Waals surface area contributed by atoms with Gasteiger partial charge in [-0.15, -0.1) is 0 Å². The normalized spacial score (nSPS) is 9.55. The maximum Gasteiger partial charge on any atom is 0.0728 e. The fourth-order valence-corrected chi connectivity index (χ4v) is 0.809. The quantitative estimate of drug-likeness (QED) is 0.654. The SMILES string of the molecule is C=Cc1ccc(COC)cn1. The van der Waals surface area contributed by atoms with Crippen LogP contribution in [0, 0.1) is 0 Å². The number of methoxy groups -OCH3 is 1. The highest BCUT2D eigenvalue weighted by Crippen LogP contribution is 2.01. The summed E-state index contributed by atoms with van der Waals surface area (Å²) in [5, 5.41) is 0. The smallest absolute Gasteiger partial charge is 0.0728 e. The molecular formula is C9H11NO. The van der Waals surface area contributed by atoms with Gasteiger partial charge in [-0.25, -0.2) is 0 Å². The van der Waals surface area contributed by atoms with Crippen molar-refractivity contribution < 1.29 is 4.74 Å². The summed E-state index contributed by atoms with van der Waals surface area (Å²) in [6.07, 6.45) is 3.51. The van der Waals surface area contributed by atoms with E-state index in [2.05, 4.69) is 11.6 Å². The number of pyridine rings is 1. The van der Waals surface area contributed by atoms with Gasteiger partial charge in [-0.2, -0.15) is 0 Å². The van der Waals surface area contributed by atoms with Gasteiger partial charge in [0.25, 0.3) is 0 Å². The van der Waals surface area contributed by atoms with Gasteiger partial charge in [-0.1, -0.05) is 12.6 Å². The van der Waals surface area contributed by atoms with E-state index in [-0.39, 0.29) is 0 Å². The molecule has 0 atom stereocenters. The first-order chi connectivity index (χ1) is 5.36. The van der Waals surface area contributed by atoms with Crippen LogP contribution in [0.25, 0.3) is 6.08 Å². The Morgan fingerprint density at radius 2 is 2.45 bits per heavy atom. The molecule has 0 bridgehead atoms. The van der Waals surface area contributed by atoms with Crippen molar-refractivity contribution >= 4 is 6.08 Å². The molecule has 0 saturated heterocycles. The second-order valence-electron chi connectivity index (χ2n) is 2.23. The molecule has 1 rings (SSSR count). The lowest BCUT2D eigenvalue weighted by molar-refractivity contribution is 0.184. The minimum absolute atomic E-state index is 0.615. The van der Waals surface area contributed by atoms with Gasteiger partial charge in [0.2, 0.25) is 0 Å². The summed E-state index contributed by atoms with van der Waals surface area (Å²) >= 11 is 0. The highest BCUT2D eigenvalue weighted by molar-refractivity contribution is 5.41. The molecule has 0 aliphatic rings. The highest BCUT2D eigenvalue weighted by atomic mass is 16.5. The fraction of sp³-hybridized carbons (Fsp3) is 0.222. The molecule has 0 saturated carbocycles. The molecule has 58 valence electrons. The van der Waals surface area contributed by atoms with Gasteiger partial charge in [-0.3, -0.25) is 4.98 Å². The number of rotatable bonds is 3. The van der Waals surface area contributed by atoms with E-state index >= 15 is 0 Å². The molecule has 1 aromatic heterocycles. The number of hydrogen-bond acceptors (Lipinski definition) is 2. The van der Waals surface area contributed by atoms with Crippen LogP contribution in [0.5, 0.6) is 0 Å². The Bertz CT molecular complexity index is 228.